The van der Waals surface area contributed by atoms with Gasteiger partial charge in [-0.25, -0.2) is 17.5 Å². The molecule has 5 rings (SSSR count). The lowest BCUT2D eigenvalue weighted by Gasteiger charge is -2.31. The molecule has 1 aromatic heterocycles. The Labute approximate surface area is 242 Å². The Morgan fingerprint density at radius 3 is 2.14 bits per heavy atom. The van der Waals surface area contributed by atoms with Crippen LogP contribution < -0.4 is 5.73 Å². The van der Waals surface area contributed by atoms with Crippen molar-refractivity contribution in [2.75, 3.05) is 31.9 Å². The number of sulfonamides is 1. The molecule has 0 bridgehead atoms. The number of hydrogen-bond acceptors (Lipinski definition) is 5. The zero-order valence-electron chi connectivity index (χ0n) is 23.3. The van der Waals surface area contributed by atoms with Crippen LogP contribution in [0.4, 0.5) is 13.2 Å². The zero-order chi connectivity index (χ0) is 30.7. The Kier molecular flexibility index (Phi) is 9.63. The molecule has 0 aliphatic carbocycles. The molecule has 228 valence electrons. The van der Waals surface area contributed by atoms with E-state index in [4.69, 9.17) is 15.6 Å². The number of nitrogens with one attached hydrogen (secondary N) is 1. The number of carboxylic acid groups (broad SMARTS) is 1. The number of rotatable bonds is 7. The number of likely N-dealkylation sites (tertiary alicyclic amines) is 1. The fourth-order valence-electron chi connectivity index (χ4n) is 5.58. The fourth-order valence-corrected chi connectivity index (χ4v) is 6.71. The van der Waals surface area contributed by atoms with Crippen molar-refractivity contribution in [2.45, 2.75) is 51.2 Å². The topological polar surface area (TPSA) is 137 Å². The highest BCUT2D eigenvalue weighted by atomic mass is 32.2. The van der Waals surface area contributed by atoms with E-state index >= 15 is 0 Å². The number of H-pyrrole nitrogens is 1. The number of aromatic nitrogens is 1. The highest BCUT2D eigenvalue weighted by molar-refractivity contribution is 7.89. The molecular formula is C29H35F3N4O5S. The van der Waals surface area contributed by atoms with Gasteiger partial charge in [-0.1, -0.05) is 24.3 Å². The minimum atomic E-state index is -5.08. The number of aromatic amines is 1. The van der Waals surface area contributed by atoms with Gasteiger partial charge in [-0.3, -0.25) is 9.69 Å². The largest absolute Gasteiger partial charge is 0.490 e. The molecule has 0 spiro atoms. The zero-order valence-corrected chi connectivity index (χ0v) is 24.1. The first-order valence-electron chi connectivity index (χ1n) is 13.8. The number of amides is 1. The van der Waals surface area contributed by atoms with Crippen molar-refractivity contribution >= 4 is 32.8 Å². The number of carbonyl (C=O) groups excluding carboxylic acids is 1. The second kappa shape index (κ2) is 12.8. The van der Waals surface area contributed by atoms with Crippen LogP contribution in [0, 0.1) is 0 Å². The minimum absolute atomic E-state index is 0.132. The van der Waals surface area contributed by atoms with E-state index in [-0.39, 0.29) is 11.7 Å². The second-order valence-electron chi connectivity index (χ2n) is 10.6. The summed E-state index contributed by atoms with van der Waals surface area (Å²) in [5, 5.41) is 8.12. The Morgan fingerprint density at radius 1 is 1.02 bits per heavy atom. The first-order chi connectivity index (χ1) is 19.8. The summed E-state index contributed by atoms with van der Waals surface area (Å²) in [6.07, 6.45) is 0.955. The first kappa shape index (κ1) is 31.5. The van der Waals surface area contributed by atoms with E-state index in [0.717, 1.165) is 47.0 Å². The standard InChI is InChI=1S/C27H34N4O3S.C2HF3O2/c1-2-35(33,34)31-13-9-21(10-14-31)25-17-29-26-23(25)15-22(16-24(26)27(28)32)20-7-5-19(6-8-20)18-30-11-3-4-12-30;3-2(4,5)1(6)7/h5-8,15-17,21,29H,2-4,9-14,18H2,1H3,(H2,28,32);(H,6,7). The molecule has 0 radical (unpaired) electrons. The number of benzene rings is 2. The molecule has 2 aliphatic heterocycles. The van der Waals surface area contributed by atoms with Crippen LogP contribution in [-0.2, 0) is 21.4 Å². The van der Waals surface area contributed by atoms with Crippen LogP contribution in [0.2, 0.25) is 0 Å². The van der Waals surface area contributed by atoms with Crippen LogP contribution in [0.3, 0.4) is 0 Å². The molecule has 1 amide bonds. The van der Waals surface area contributed by atoms with Crippen LogP contribution in [-0.4, -0.2) is 77.7 Å². The summed E-state index contributed by atoms with van der Waals surface area (Å²) in [7, 11) is -3.17. The molecule has 0 saturated carbocycles. The smallest absolute Gasteiger partial charge is 0.475 e. The van der Waals surface area contributed by atoms with Crippen molar-refractivity contribution < 1.29 is 36.3 Å². The lowest BCUT2D eigenvalue weighted by Crippen LogP contribution is -2.38. The van der Waals surface area contributed by atoms with Crippen LogP contribution >= 0.6 is 0 Å². The van der Waals surface area contributed by atoms with Gasteiger partial charge >= 0.3 is 12.1 Å². The van der Waals surface area contributed by atoms with Crippen LogP contribution in [0.1, 0.15) is 60.0 Å². The van der Waals surface area contributed by atoms with Crippen LogP contribution in [0.5, 0.6) is 0 Å². The molecule has 0 atom stereocenters. The number of aliphatic carboxylic acids is 1. The molecule has 2 saturated heterocycles. The first-order valence-corrected chi connectivity index (χ1v) is 15.5. The number of hydrogen-bond donors (Lipinski definition) is 3. The molecule has 2 aliphatic rings. The number of carbonyl (C=O) groups is 2. The quantitative estimate of drug-likeness (QED) is 0.356. The molecule has 13 heteroatoms. The molecule has 9 nitrogen and oxygen atoms in total. The summed E-state index contributed by atoms with van der Waals surface area (Å²) >= 11 is 0. The van der Waals surface area contributed by atoms with Gasteiger partial charge in [0.25, 0.3) is 5.91 Å². The van der Waals surface area contributed by atoms with Crippen LogP contribution in [0.25, 0.3) is 22.0 Å². The highest BCUT2D eigenvalue weighted by Crippen LogP contribution is 2.37. The Bertz CT molecular complexity index is 1520. The molecule has 3 aromatic rings. The van der Waals surface area contributed by atoms with Crippen molar-refractivity contribution in [1.82, 2.24) is 14.2 Å². The predicted octanol–water partition coefficient (Wildman–Crippen LogP) is 4.69. The lowest BCUT2D eigenvalue weighted by atomic mass is 9.88. The number of nitrogens with zero attached hydrogens (tertiary/aromatic N) is 2. The number of piperidine rings is 1. The summed E-state index contributed by atoms with van der Waals surface area (Å²) in [5.41, 5.74) is 11.4. The van der Waals surface area contributed by atoms with Gasteiger partial charge in [-0.15, -0.1) is 0 Å². The van der Waals surface area contributed by atoms with Crippen molar-refractivity contribution in [2.24, 2.45) is 5.73 Å². The van der Waals surface area contributed by atoms with E-state index in [0.29, 0.717) is 18.7 Å². The molecule has 2 fully saturated rings. The monoisotopic (exact) mass is 608 g/mol. The minimum Gasteiger partial charge on any atom is -0.475 e. The summed E-state index contributed by atoms with van der Waals surface area (Å²) in [4.78, 5) is 27.0. The maximum Gasteiger partial charge on any atom is 0.490 e. The Morgan fingerprint density at radius 2 is 1.62 bits per heavy atom. The van der Waals surface area contributed by atoms with Crippen molar-refractivity contribution in [1.29, 1.82) is 0 Å². The maximum absolute atomic E-state index is 12.3. The lowest BCUT2D eigenvalue weighted by molar-refractivity contribution is -0.192. The van der Waals surface area contributed by atoms with Gasteiger partial charge < -0.3 is 15.8 Å². The number of primary amides is 1. The average molecular weight is 609 g/mol. The highest BCUT2D eigenvalue weighted by Gasteiger charge is 2.38. The van der Waals surface area contributed by atoms with Gasteiger partial charge in [0.2, 0.25) is 10.0 Å². The van der Waals surface area contributed by atoms with Crippen LogP contribution in [0.15, 0.2) is 42.6 Å². The summed E-state index contributed by atoms with van der Waals surface area (Å²) in [6, 6.07) is 12.6. The third-order valence-electron chi connectivity index (χ3n) is 7.87. The van der Waals surface area contributed by atoms with Crippen molar-refractivity contribution in [3.8, 4) is 11.1 Å². The van der Waals surface area contributed by atoms with Gasteiger partial charge in [-0.05, 0) is 86.0 Å². The average Bonchev–Trinajstić information content (AvgIpc) is 3.63. The summed E-state index contributed by atoms with van der Waals surface area (Å²) < 4.78 is 57.9. The number of halogens is 3. The fraction of sp³-hybridized carbons (Fsp3) is 0.448. The van der Waals surface area contributed by atoms with Gasteiger partial charge in [0, 0.05) is 31.2 Å². The van der Waals surface area contributed by atoms with E-state index < -0.39 is 28.1 Å². The Hall–Kier alpha value is -3.42. The molecule has 3 heterocycles. The number of nitrogens with two attached hydrogens (primary N) is 1. The third-order valence-corrected chi connectivity index (χ3v) is 9.75. The summed E-state index contributed by atoms with van der Waals surface area (Å²) in [6.45, 7) is 6.04. The third kappa shape index (κ3) is 7.31. The molecule has 2 aromatic carbocycles. The van der Waals surface area contributed by atoms with Gasteiger partial charge in [0.1, 0.15) is 0 Å². The molecular weight excluding hydrogens is 573 g/mol. The second-order valence-corrected chi connectivity index (χ2v) is 12.9. The van der Waals surface area contributed by atoms with E-state index in [1.165, 1.54) is 31.5 Å². The summed E-state index contributed by atoms with van der Waals surface area (Å²) in [5.74, 6) is -2.86. The number of fused-ring (bicyclic) bond motifs is 1. The van der Waals surface area contributed by atoms with Crippen molar-refractivity contribution in [3.05, 3.63) is 59.3 Å². The van der Waals surface area contributed by atoms with Gasteiger partial charge in [-0.2, -0.15) is 13.2 Å². The molecule has 42 heavy (non-hydrogen) atoms. The Balaban J connectivity index is 0.000000517. The van der Waals surface area contributed by atoms with E-state index in [9.17, 15) is 26.4 Å². The van der Waals surface area contributed by atoms with E-state index in [1.54, 1.807) is 11.2 Å². The number of carboxylic acids is 1. The molecule has 4 N–H and O–H groups in total. The van der Waals surface area contributed by atoms with Gasteiger partial charge in [0.15, 0.2) is 0 Å². The van der Waals surface area contributed by atoms with E-state index in [2.05, 4.69) is 40.2 Å². The van der Waals surface area contributed by atoms with Crippen molar-refractivity contribution in [3.63, 3.8) is 0 Å². The SMILES string of the molecule is CCS(=O)(=O)N1CCC(c2c[nH]c3c(C(N)=O)cc(-c4ccc(CN5CCCC5)cc4)cc23)CC1.O=C(O)C(F)(F)F. The normalized spacial score (nSPS) is 17.2. The predicted molar refractivity (Wildman–Crippen MR) is 153 cm³/mol. The molecule has 0 unspecified atom stereocenters. The maximum atomic E-state index is 12.3. The van der Waals surface area contributed by atoms with Gasteiger partial charge in [0.05, 0.1) is 16.8 Å². The number of alkyl halides is 3. The van der Waals surface area contributed by atoms with E-state index in [1.807, 2.05) is 12.3 Å².